The number of hydrogen-bond acceptors (Lipinski definition) is 4. The Morgan fingerprint density at radius 3 is 2.89 bits per heavy atom. The van der Waals surface area contributed by atoms with Gasteiger partial charge in [-0.3, -0.25) is 4.98 Å². The summed E-state index contributed by atoms with van der Waals surface area (Å²) in [7, 11) is 0. The Kier molecular flexibility index (Phi) is 2.53. The Morgan fingerprint density at radius 1 is 1.50 bits per heavy atom. The van der Waals surface area contributed by atoms with Gasteiger partial charge in [-0.25, -0.2) is 4.79 Å². The van der Waals surface area contributed by atoms with Gasteiger partial charge in [0, 0.05) is 11.5 Å². The maximum Gasteiger partial charge on any atom is 0.417 e. The minimum atomic E-state index is -0.423. The fraction of sp³-hybridized carbons (Fsp3) is 0.462. The molecule has 18 heavy (non-hydrogen) atoms. The fourth-order valence-electron chi connectivity index (χ4n) is 2.64. The minimum absolute atomic E-state index is 0.0296. The van der Waals surface area contributed by atoms with Gasteiger partial charge >= 0.3 is 5.76 Å². The van der Waals surface area contributed by atoms with E-state index in [1.807, 2.05) is 25.1 Å². The van der Waals surface area contributed by atoms with Gasteiger partial charge < -0.3 is 14.9 Å². The van der Waals surface area contributed by atoms with Crippen LogP contribution in [0.15, 0.2) is 27.4 Å². The molecule has 2 aromatic rings. The summed E-state index contributed by atoms with van der Waals surface area (Å²) < 4.78 is 10.4. The Labute approximate surface area is 104 Å². The summed E-state index contributed by atoms with van der Waals surface area (Å²) in [6.07, 6.45) is 0.868. The van der Waals surface area contributed by atoms with Crippen molar-refractivity contribution in [3.8, 4) is 0 Å². The second kappa shape index (κ2) is 3.96. The molecular weight excluding hydrogens is 232 g/mol. The van der Waals surface area contributed by atoms with E-state index in [2.05, 4.69) is 4.98 Å². The van der Waals surface area contributed by atoms with Gasteiger partial charge in [0.25, 0.3) is 0 Å². The Hall–Kier alpha value is -1.59. The van der Waals surface area contributed by atoms with Crippen molar-refractivity contribution in [3.05, 3.63) is 34.3 Å². The third-order valence-corrected chi connectivity index (χ3v) is 3.50. The first kappa shape index (κ1) is 11.5. The molecule has 5 heteroatoms. The first-order valence-corrected chi connectivity index (χ1v) is 6.06. The van der Waals surface area contributed by atoms with Gasteiger partial charge in [0.05, 0.1) is 18.7 Å². The second-order valence-corrected chi connectivity index (χ2v) is 5.18. The van der Waals surface area contributed by atoms with Crippen molar-refractivity contribution in [1.82, 2.24) is 4.98 Å². The van der Waals surface area contributed by atoms with Crippen molar-refractivity contribution in [2.45, 2.75) is 24.8 Å². The largest absolute Gasteiger partial charge is 0.417 e. The zero-order valence-corrected chi connectivity index (χ0v) is 10.2. The Bertz CT molecular complexity index is 622. The molecule has 0 amide bonds. The third kappa shape index (κ3) is 1.76. The molecule has 1 atom stereocenters. The van der Waals surface area contributed by atoms with Gasteiger partial charge in [0.1, 0.15) is 0 Å². The number of benzene rings is 1. The number of nitrogens with one attached hydrogen (secondary N) is 1. The summed E-state index contributed by atoms with van der Waals surface area (Å²) in [6, 6.07) is 5.91. The number of nitrogens with two attached hydrogens (primary N) is 1. The van der Waals surface area contributed by atoms with E-state index in [-0.39, 0.29) is 11.5 Å². The molecular formula is C13H16N2O3. The van der Waals surface area contributed by atoms with E-state index in [1.54, 1.807) is 0 Å². The number of rotatable bonds is 3. The molecule has 1 aliphatic rings. The van der Waals surface area contributed by atoms with E-state index in [9.17, 15) is 4.79 Å². The van der Waals surface area contributed by atoms with Crippen LogP contribution < -0.4 is 11.5 Å². The van der Waals surface area contributed by atoms with E-state index in [4.69, 9.17) is 14.9 Å². The molecule has 3 rings (SSSR count). The lowest BCUT2D eigenvalue weighted by Gasteiger charge is -2.43. The number of oxazole rings is 1. The quantitative estimate of drug-likeness (QED) is 0.853. The van der Waals surface area contributed by atoms with Gasteiger partial charge in [-0.05, 0) is 31.0 Å². The summed E-state index contributed by atoms with van der Waals surface area (Å²) >= 11 is 0. The molecule has 0 saturated carbocycles. The number of aromatic amines is 1. The van der Waals surface area contributed by atoms with Gasteiger partial charge in [-0.1, -0.05) is 6.07 Å². The predicted octanol–water partition coefficient (Wildman–Crippen LogP) is 1.13. The van der Waals surface area contributed by atoms with Crippen molar-refractivity contribution >= 4 is 11.1 Å². The molecule has 1 aromatic carbocycles. The molecule has 96 valence electrons. The van der Waals surface area contributed by atoms with E-state index in [0.717, 1.165) is 17.5 Å². The highest BCUT2D eigenvalue weighted by atomic mass is 16.5. The van der Waals surface area contributed by atoms with E-state index in [1.165, 1.54) is 0 Å². The molecule has 0 aliphatic carbocycles. The predicted molar refractivity (Wildman–Crippen MR) is 67.6 cm³/mol. The van der Waals surface area contributed by atoms with Crippen molar-refractivity contribution in [2.24, 2.45) is 5.73 Å². The zero-order chi connectivity index (χ0) is 12.8. The highest BCUT2D eigenvalue weighted by Crippen LogP contribution is 2.37. The van der Waals surface area contributed by atoms with E-state index in [0.29, 0.717) is 18.8 Å². The van der Waals surface area contributed by atoms with Crippen molar-refractivity contribution in [2.75, 3.05) is 13.2 Å². The van der Waals surface area contributed by atoms with Crippen LogP contribution in [-0.2, 0) is 10.2 Å². The number of ether oxygens (including phenoxy) is 1. The molecule has 1 unspecified atom stereocenters. The van der Waals surface area contributed by atoms with Crippen LogP contribution in [0.2, 0.25) is 0 Å². The van der Waals surface area contributed by atoms with Crippen LogP contribution in [-0.4, -0.2) is 24.2 Å². The maximum absolute atomic E-state index is 11.1. The number of H-pyrrole nitrogens is 1. The molecule has 0 bridgehead atoms. The first-order valence-electron chi connectivity index (χ1n) is 6.06. The lowest BCUT2D eigenvalue weighted by atomic mass is 9.74. The van der Waals surface area contributed by atoms with Crippen molar-refractivity contribution in [3.63, 3.8) is 0 Å². The van der Waals surface area contributed by atoms with Crippen molar-refractivity contribution < 1.29 is 9.15 Å². The average molecular weight is 248 g/mol. The zero-order valence-electron chi connectivity index (χ0n) is 10.2. The Balaban J connectivity index is 2.04. The maximum atomic E-state index is 11.1. The molecule has 2 heterocycles. The molecule has 3 N–H and O–H groups in total. The molecule has 1 saturated heterocycles. The smallest absolute Gasteiger partial charge is 0.408 e. The second-order valence-electron chi connectivity index (χ2n) is 5.18. The van der Waals surface area contributed by atoms with Gasteiger partial charge in [-0.15, -0.1) is 0 Å². The summed E-state index contributed by atoms with van der Waals surface area (Å²) in [5.41, 5.74) is 8.32. The van der Waals surface area contributed by atoms with Crippen LogP contribution in [0.3, 0.4) is 0 Å². The molecule has 1 aromatic heterocycles. The minimum Gasteiger partial charge on any atom is -0.408 e. The molecule has 0 radical (unpaired) electrons. The lowest BCUT2D eigenvalue weighted by molar-refractivity contribution is -0.0665. The number of aromatic nitrogens is 1. The lowest BCUT2D eigenvalue weighted by Crippen LogP contribution is -2.49. The average Bonchev–Trinajstić information content (AvgIpc) is 2.62. The van der Waals surface area contributed by atoms with E-state index >= 15 is 0 Å². The summed E-state index contributed by atoms with van der Waals surface area (Å²) in [5.74, 6) is -0.423. The highest BCUT2D eigenvalue weighted by Gasteiger charge is 2.41. The van der Waals surface area contributed by atoms with Gasteiger partial charge in [0.2, 0.25) is 0 Å². The summed E-state index contributed by atoms with van der Waals surface area (Å²) in [6.45, 7) is 3.35. The normalized spacial score (nSPS) is 19.7. The topological polar surface area (TPSA) is 81.3 Å². The molecule has 1 aliphatic heterocycles. The standard InChI is InChI=1S/C13H16N2O3/c1-8(14)5-13(6-17-7-13)9-2-3-10-11(4-9)18-12(16)15-10/h2-4,8H,5-7,14H2,1H3,(H,15,16). The van der Waals surface area contributed by atoms with Crippen LogP contribution in [0, 0.1) is 0 Å². The van der Waals surface area contributed by atoms with Crippen molar-refractivity contribution in [1.29, 1.82) is 0 Å². The molecule has 1 fully saturated rings. The van der Waals surface area contributed by atoms with E-state index < -0.39 is 5.76 Å². The van der Waals surface area contributed by atoms with Gasteiger partial charge in [0.15, 0.2) is 5.58 Å². The van der Waals surface area contributed by atoms with Crippen LogP contribution in [0.4, 0.5) is 0 Å². The first-order chi connectivity index (χ1) is 8.59. The summed E-state index contributed by atoms with van der Waals surface area (Å²) in [5, 5.41) is 0. The SMILES string of the molecule is CC(N)CC1(c2ccc3[nH]c(=O)oc3c2)COC1. The molecule has 5 nitrogen and oxygen atoms in total. The van der Waals surface area contributed by atoms with Crippen LogP contribution in [0.1, 0.15) is 18.9 Å². The number of hydrogen-bond donors (Lipinski definition) is 2. The van der Waals surface area contributed by atoms with Gasteiger partial charge in [-0.2, -0.15) is 0 Å². The van der Waals surface area contributed by atoms with Crippen LogP contribution in [0.5, 0.6) is 0 Å². The molecule has 0 spiro atoms. The fourth-order valence-corrected chi connectivity index (χ4v) is 2.64. The summed E-state index contributed by atoms with van der Waals surface area (Å²) in [4.78, 5) is 13.8. The Morgan fingerprint density at radius 2 is 2.28 bits per heavy atom. The third-order valence-electron chi connectivity index (χ3n) is 3.50. The van der Waals surface area contributed by atoms with Crippen LogP contribution in [0.25, 0.3) is 11.1 Å². The van der Waals surface area contributed by atoms with Crippen LogP contribution >= 0.6 is 0 Å². The monoisotopic (exact) mass is 248 g/mol. The highest BCUT2D eigenvalue weighted by molar-refractivity contribution is 5.73. The number of fused-ring (bicyclic) bond motifs is 1.